The Morgan fingerprint density at radius 3 is 2.35 bits per heavy atom. The predicted molar refractivity (Wildman–Crippen MR) is 72.6 cm³/mol. The van der Waals surface area contributed by atoms with Crippen LogP contribution < -0.4 is 11.2 Å². The maximum Gasteiger partial charge on any atom is 0.330 e. The van der Waals surface area contributed by atoms with E-state index in [1.807, 2.05) is 18.8 Å². The number of aliphatic hydroxyl groups excluding tert-OH is 3. The highest BCUT2D eigenvalue weighted by molar-refractivity contribution is 5.01. The van der Waals surface area contributed by atoms with Gasteiger partial charge in [0.25, 0.3) is 5.56 Å². The van der Waals surface area contributed by atoms with Gasteiger partial charge in [0.15, 0.2) is 6.23 Å². The van der Waals surface area contributed by atoms with Gasteiger partial charge < -0.3 is 20.1 Å². The van der Waals surface area contributed by atoms with Crippen molar-refractivity contribution in [3.63, 3.8) is 0 Å². The Morgan fingerprint density at radius 1 is 1.35 bits per heavy atom. The summed E-state index contributed by atoms with van der Waals surface area (Å²) in [6.07, 6.45) is -3.06. The molecule has 0 amide bonds. The fourth-order valence-electron chi connectivity index (χ4n) is 1.46. The third-order valence-corrected chi connectivity index (χ3v) is 2.60. The molecule has 1 aromatic rings. The van der Waals surface area contributed by atoms with Crippen molar-refractivity contribution in [1.29, 1.82) is 0 Å². The van der Waals surface area contributed by atoms with Crippen molar-refractivity contribution in [2.24, 2.45) is 0 Å². The molecule has 0 spiro atoms. The van der Waals surface area contributed by atoms with Crippen LogP contribution in [0.1, 0.15) is 25.6 Å². The van der Waals surface area contributed by atoms with Gasteiger partial charge in [-0.25, -0.2) is 4.79 Å². The molecular formula is C12H22N2O6. The van der Waals surface area contributed by atoms with Gasteiger partial charge in [-0.1, -0.05) is 13.8 Å². The number of nitrogens with one attached hydrogen (secondary N) is 1. The van der Waals surface area contributed by atoms with E-state index in [4.69, 9.17) is 9.84 Å². The Hall–Kier alpha value is -1.48. The molecule has 4 N–H and O–H groups in total. The van der Waals surface area contributed by atoms with Gasteiger partial charge in [0.1, 0.15) is 12.2 Å². The molecule has 116 valence electrons. The van der Waals surface area contributed by atoms with Crippen LogP contribution in [-0.2, 0) is 4.74 Å². The van der Waals surface area contributed by atoms with Gasteiger partial charge in [-0.2, -0.15) is 0 Å². The summed E-state index contributed by atoms with van der Waals surface area (Å²) < 4.78 is 5.52. The van der Waals surface area contributed by atoms with Crippen molar-refractivity contribution in [3.8, 4) is 0 Å². The summed E-state index contributed by atoms with van der Waals surface area (Å²) in [6, 6.07) is 0. The molecule has 20 heavy (non-hydrogen) atoms. The average Bonchev–Trinajstić information content (AvgIpc) is 2.45. The fourth-order valence-corrected chi connectivity index (χ4v) is 1.46. The van der Waals surface area contributed by atoms with Crippen molar-refractivity contribution < 1.29 is 20.1 Å². The zero-order valence-electron chi connectivity index (χ0n) is 12.0. The Morgan fingerprint density at radius 2 is 1.90 bits per heavy atom. The second kappa shape index (κ2) is 8.64. The van der Waals surface area contributed by atoms with Crippen LogP contribution in [0.5, 0.6) is 0 Å². The summed E-state index contributed by atoms with van der Waals surface area (Å²) in [5.41, 5.74) is -1.22. The highest BCUT2D eigenvalue weighted by atomic mass is 16.5. The summed E-state index contributed by atoms with van der Waals surface area (Å²) in [7, 11) is 1.25. The molecule has 0 aliphatic heterocycles. The number of aromatic amines is 1. The number of H-pyrrole nitrogens is 1. The van der Waals surface area contributed by atoms with Crippen LogP contribution in [-0.4, -0.2) is 50.8 Å². The minimum atomic E-state index is -1.63. The maximum atomic E-state index is 11.5. The summed E-state index contributed by atoms with van der Waals surface area (Å²) >= 11 is 0. The number of aryl methyl sites for hydroxylation is 1. The third-order valence-electron chi connectivity index (χ3n) is 2.60. The van der Waals surface area contributed by atoms with Gasteiger partial charge in [0.2, 0.25) is 0 Å². The molecule has 3 unspecified atom stereocenters. The summed E-state index contributed by atoms with van der Waals surface area (Å²) in [5, 5.41) is 28.5. The summed E-state index contributed by atoms with van der Waals surface area (Å²) in [4.78, 5) is 24.6. The van der Waals surface area contributed by atoms with Crippen LogP contribution in [0.3, 0.4) is 0 Å². The molecule has 0 bridgehead atoms. The number of hydrogen-bond donors (Lipinski definition) is 4. The van der Waals surface area contributed by atoms with E-state index in [-0.39, 0.29) is 5.56 Å². The van der Waals surface area contributed by atoms with E-state index in [2.05, 4.69) is 0 Å². The first-order chi connectivity index (χ1) is 9.42. The van der Waals surface area contributed by atoms with Crippen molar-refractivity contribution >= 4 is 0 Å². The van der Waals surface area contributed by atoms with E-state index < -0.39 is 36.3 Å². The Kier molecular flexibility index (Phi) is 8.00. The highest BCUT2D eigenvalue weighted by Crippen LogP contribution is 2.11. The monoisotopic (exact) mass is 290 g/mol. The van der Waals surface area contributed by atoms with Crippen LogP contribution >= 0.6 is 0 Å². The minimum Gasteiger partial charge on any atom is -0.394 e. The molecule has 0 saturated carbocycles. The van der Waals surface area contributed by atoms with Gasteiger partial charge in [-0.3, -0.25) is 14.3 Å². The molecule has 8 heteroatoms. The molecule has 0 aliphatic carbocycles. The van der Waals surface area contributed by atoms with Gasteiger partial charge in [-0.15, -0.1) is 0 Å². The predicted octanol–water partition coefficient (Wildman–Crippen LogP) is -1.27. The van der Waals surface area contributed by atoms with Crippen LogP contribution in [0.25, 0.3) is 0 Å². The topological polar surface area (TPSA) is 125 Å². The lowest BCUT2D eigenvalue weighted by atomic mass is 10.2. The van der Waals surface area contributed by atoms with E-state index in [9.17, 15) is 19.8 Å². The van der Waals surface area contributed by atoms with Crippen molar-refractivity contribution in [3.05, 3.63) is 32.6 Å². The van der Waals surface area contributed by atoms with Crippen molar-refractivity contribution in [1.82, 2.24) is 9.55 Å². The molecule has 1 rings (SSSR count). The lowest BCUT2D eigenvalue weighted by Gasteiger charge is -2.25. The summed E-state index contributed by atoms with van der Waals surface area (Å²) in [5.74, 6) is 0. The van der Waals surface area contributed by atoms with Crippen LogP contribution in [0.2, 0.25) is 0 Å². The zero-order valence-corrected chi connectivity index (χ0v) is 12.0. The Bertz CT molecular complexity index is 505. The average molecular weight is 290 g/mol. The smallest absolute Gasteiger partial charge is 0.330 e. The molecule has 0 radical (unpaired) electrons. The first-order valence-electron chi connectivity index (χ1n) is 6.24. The Labute approximate surface area is 116 Å². The molecule has 8 nitrogen and oxygen atoms in total. The maximum absolute atomic E-state index is 11.5. The second-order valence-electron chi connectivity index (χ2n) is 3.84. The molecule has 1 heterocycles. The highest BCUT2D eigenvalue weighted by Gasteiger charge is 2.28. The van der Waals surface area contributed by atoms with Crippen LogP contribution in [0.15, 0.2) is 15.8 Å². The molecule has 1 aromatic heterocycles. The largest absolute Gasteiger partial charge is 0.394 e. The lowest BCUT2D eigenvalue weighted by Crippen LogP contribution is -2.43. The number of ether oxygens (including phenoxy) is 1. The minimum absolute atomic E-state index is 0.207. The van der Waals surface area contributed by atoms with E-state index in [0.717, 1.165) is 10.8 Å². The number of aliphatic hydroxyl groups is 3. The number of rotatable bonds is 5. The second-order valence-corrected chi connectivity index (χ2v) is 3.84. The molecule has 0 aliphatic rings. The number of aromatic nitrogens is 2. The number of nitrogens with zero attached hydrogens (tertiary/aromatic N) is 1. The molecule has 0 aromatic carbocycles. The molecule has 3 atom stereocenters. The first kappa shape index (κ1) is 18.5. The first-order valence-corrected chi connectivity index (χ1v) is 6.24. The normalized spacial score (nSPS) is 14.9. The van der Waals surface area contributed by atoms with Crippen LogP contribution in [0.4, 0.5) is 0 Å². The molecule has 0 fully saturated rings. The number of methoxy groups -OCH3 is 1. The SMILES string of the molecule is CC.COC(CO)C(O)C(O)n1cc(C)c(=O)[nH]c1=O. The standard InChI is InChI=1S/C10H16N2O6.C2H6/c1-5-3-12(10(17)11-8(5)15)9(16)7(14)6(4-13)18-2;1-2/h3,6-7,9,13-14,16H,4H2,1-2H3,(H,11,15,17);1-2H3. The van der Waals surface area contributed by atoms with Gasteiger partial charge in [0.05, 0.1) is 6.61 Å². The van der Waals surface area contributed by atoms with Gasteiger partial charge in [-0.05, 0) is 6.92 Å². The van der Waals surface area contributed by atoms with Gasteiger partial charge in [0, 0.05) is 18.9 Å². The molecular weight excluding hydrogens is 268 g/mol. The molecule has 0 saturated heterocycles. The Balaban J connectivity index is 0.00000172. The third kappa shape index (κ3) is 4.27. The van der Waals surface area contributed by atoms with E-state index in [0.29, 0.717) is 0 Å². The zero-order chi connectivity index (χ0) is 15.9. The van der Waals surface area contributed by atoms with Crippen molar-refractivity contribution in [2.45, 2.75) is 39.2 Å². The van der Waals surface area contributed by atoms with Gasteiger partial charge >= 0.3 is 5.69 Å². The van der Waals surface area contributed by atoms with E-state index >= 15 is 0 Å². The van der Waals surface area contributed by atoms with Crippen molar-refractivity contribution in [2.75, 3.05) is 13.7 Å². The lowest BCUT2D eigenvalue weighted by molar-refractivity contribution is -0.118. The van der Waals surface area contributed by atoms with E-state index in [1.54, 1.807) is 0 Å². The van der Waals surface area contributed by atoms with Crippen LogP contribution in [0, 0.1) is 6.92 Å². The number of hydrogen-bond acceptors (Lipinski definition) is 6. The fraction of sp³-hybridized carbons (Fsp3) is 0.667. The quantitative estimate of drug-likeness (QED) is 0.536. The van der Waals surface area contributed by atoms with E-state index in [1.165, 1.54) is 14.0 Å². The summed E-state index contributed by atoms with van der Waals surface area (Å²) in [6.45, 7) is 4.93.